The minimum Gasteiger partial charge on any atom is -0.458 e. The molecule has 1 fully saturated rings. The second-order valence-corrected chi connectivity index (χ2v) is 17.4. The molecule has 67 heavy (non-hydrogen) atoms. The fraction of sp³-hybridized carbons (Fsp3) is 0.380. The summed E-state index contributed by atoms with van der Waals surface area (Å²) in [5, 5.41) is 20.9. The third-order valence-electron chi connectivity index (χ3n) is 12.6. The van der Waals surface area contributed by atoms with Crippen LogP contribution in [0, 0.1) is 0 Å². The molecule has 3 aliphatic rings. The van der Waals surface area contributed by atoms with Crippen molar-refractivity contribution in [3.05, 3.63) is 123 Å². The summed E-state index contributed by atoms with van der Waals surface area (Å²) >= 11 is 0. The van der Waals surface area contributed by atoms with Gasteiger partial charge >= 0.3 is 18.2 Å². The van der Waals surface area contributed by atoms with Crippen LogP contribution in [0.1, 0.15) is 74.4 Å². The molecule has 17 nitrogen and oxygen atoms in total. The number of aliphatic hydroxyl groups is 1. The lowest BCUT2D eigenvalue weighted by Gasteiger charge is -2.33. The van der Waals surface area contributed by atoms with Crippen LogP contribution in [0.25, 0.3) is 22.3 Å². The van der Waals surface area contributed by atoms with Crippen LogP contribution in [-0.4, -0.2) is 98.7 Å². The number of hydrogen-bond donors (Lipinski definition) is 4. The highest BCUT2D eigenvalue weighted by Gasteiger charge is 2.45. The molecule has 3 aromatic carbocycles. The monoisotopic (exact) mass is 913 g/mol. The minimum absolute atomic E-state index is 0.00368. The Morgan fingerprint density at radius 1 is 0.851 bits per heavy atom. The zero-order valence-electron chi connectivity index (χ0n) is 38.2. The third-order valence-corrected chi connectivity index (χ3v) is 12.6. The van der Waals surface area contributed by atoms with Crippen LogP contribution in [0.3, 0.4) is 0 Å². The molecule has 0 aliphatic carbocycles. The summed E-state index contributed by atoms with van der Waals surface area (Å²) in [4.78, 5) is 86.8. The number of carbonyl (C=O) groups excluding carboxylic acids is 5. The van der Waals surface area contributed by atoms with Crippen LogP contribution in [0.4, 0.5) is 15.3 Å². The Hall–Kier alpha value is -7.11. The van der Waals surface area contributed by atoms with Crippen molar-refractivity contribution in [3.63, 3.8) is 0 Å². The molecule has 0 bridgehead atoms. The molecule has 17 heteroatoms. The highest BCUT2D eigenvalue weighted by molar-refractivity contribution is 5.97. The molecule has 1 saturated heterocycles. The van der Waals surface area contributed by atoms with Crippen molar-refractivity contribution in [1.82, 2.24) is 30.0 Å². The van der Waals surface area contributed by atoms with Gasteiger partial charge in [0, 0.05) is 54.4 Å². The number of pyridine rings is 2. The second-order valence-electron chi connectivity index (χ2n) is 17.4. The summed E-state index contributed by atoms with van der Waals surface area (Å²) < 4.78 is 18.2. The molecule has 350 valence electrons. The van der Waals surface area contributed by atoms with E-state index in [9.17, 15) is 33.9 Å². The molecule has 3 atom stereocenters. The molecule has 0 saturated carbocycles. The SMILES string of the molecule is CCc1c2c(nc3ccc(OC(=O)N4CCN(C(=O)OCc5ccc(NC(=O)[C@H](C)NC(=O)[C@H](Cc6ccccc6)NC(C)C)cc5)CC4)cc13)-c1cc3c(c(=O)n1C2)COC(=O)[C@]3(O)CC. The van der Waals surface area contributed by atoms with Gasteiger partial charge in [0.1, 0.15) is 25.0 Å². The third kappa shape index (κ3) is 9.60. The Balaban J connectivity index is 0.818. The van der Waals surface area contributed by atoms with E-state index in [1.165, 1.54) is 9.80 Å². The Morgan fingerprint density at radius 2 is 1.55 bits per heavy atom. The normalized spacial score (nSPS) is 17.2. The van der Waals surface area contributed by atoms with Gasteiger partial charge in [-0.15, -0.1) is 0 Å². The summed E-state index contributed by atoms with van der Waals surface area (Å²) in [6, 6.07) is 22.2. The van der Waals surface area contributed by atoms with E-state index in [4.69, 9.17) is 19.2 Å². The zero-order valence-corrected chi connectivity index (χ0v) is 38.2. The summed E-state index contributed by atoms with van der Waals surface area (Å²) in [7, 11) is 0. The maximum atomic E-state index is 13.7. The number of ether oxygens (including phenoxy) is 3. The van der Waals surface area contributed by atoms with Gasteiger partial charge in [0.15, 0.2) is 5.60 Å². The number of piperazine rings is 1. The molecule has 8 rings (SSSR count). The first kappa shape index (κ1) is 46.4. The van der Waals surface area contributed by atoms with E-state index in [1.54, 1.807) is 66.9 Å². The molecular formula is C50H55N7O10. The number of nitrogens with zero attached hydrogens (tertiary/aromatic N) is 4. The van der Waals surface area contributed by atoms with Crippen molar-refractivity contribution in [2.24, 2.45) is 0 Å². The smallest absolute Gasteiger partial charge is 0.415 e. The fourth-order valence-electron chi connectivity index (χ4n) is 8.88. The molecule has 3 aliphatic heterocycles. The number of aryl methyl sites for hydroxylation is 1. The molecule has 4 amide bonds. The number of amides is 4. The molecule has 0 radical (unpaired) electrons. The lowest BCUT2D eigenvalue weighted by atomic mass is 9.86. The highest BCUT2D eigenvalue weighted by atomic mass is 16.6. The van der Waals surface area contributed by atoms with Crippen molar-refractivity contribution >= 4 is 46.6 Å². The number of esters is 1. The molecule has 0 unspecified atom stereocenters. The van der Waals surface area contributed by atoms with Crippen LogP contribution in [0.2, 0.25) is 0 Å². The summed E-state index contributed by atoms with van der Waals surface area (Å²) in [5.41, 5.74) is 3.98. The predicted octanol–water partition coefficient (Wildman–Crippen LogP) is 5.15. The standard InChI is InChI=1S/C50H55N7O10/c1-6-35-36-24-34(17-18-40(36)54-43-37(35)26-57-42(43)25-39-38(46(57)60)28-65-47(61)50(39,64)7-2)67-49(63)56-21-19-55(20-22-56)48(62)66-27-32-13-15-33(16-14-32)53-44(58)30(5)52-45(59)41(51-29(3)4)23-31-11-9-8-10-12-31/h8-18,24-25,29-30,41,51,64H,6-7,19-23,26-28H2,1-5H3,(H,52,59)(H,53,58)/t30-,41-,50-/m0/s1. The Morgan fingerprint density at radius 3 is 2.22 bits per heavy atom. The molecule has 5 aromatic rings. The fourth-order valence-corrected chi connectivity index (χ4v) is 8.88. The maximum absolute atomic E-state index is 13.7. The van der Waals surface area contributed by atoms with Gasteiger partial charge in [-0.1, -0.05) is 70.2 Å². The average Bonchev–Trinajstić information content (AvgIpc) is 3.70. The second kappa shape index (κ2) is 19.4. The number of carbonyl (C=O) groups is 5. The van der Waals surface area contributed by atoms with E-state index in [-0.39, 0.29) is 86.9 Å². The van der Waals surface area contributed by atoms with Gasteiger partial charge in [-0.2, -0.15) is 0 Å². The van der Waals surface area contributed by atoms with Gasteiger partial charge in [-0.3, -0.25) is 14.4 Å². The number of cyclic esters (lactones) is 1. The van der Waals surface area contributed by atoms with Gasteiger partial charge in [-0.25, -0.2) is 19.4 Å². The van der Waals surface area contributed by atoms with E-state index < -0.39 is 35.8 Å². The maximum Gasteiger partial charge on any atom is 0.415 e. The molecule has 0 spiro atoms. The van der Waals surface area contributed by atoms with Crippen LogP contribution < -0.4 is 26.2 Å². The van der Waals surface area contributed by atoms with Crippen LogP contribution >= 0.6 is 0 Å². The van der Waals surface area contributed by atoms with Crippen molar-refractivity contribution in [2.75, 3.05) is 31.5 Å². The van der Waals surface area contributed by atoms with E-state index in [0.29, 0.717) is 46.7 Å². The van der Waals surface area contributed by atoms with Crippen molar-refractivity contribution < 1.29 is 43.3 Å². The van der Waals surface area contributed by atoms with E-state index in [0.717, 1.165) is 22.1 Å². The highest BCUT2D eigenvalue weighted by Crippen LogP contribution is 2.41. The number of rotatable bonds is 13. The lowest BCUT2D eigenvalue weighted by molar-refractivity contribution is -0.172. The Labute approximate surface area is 387 Å². The molecule has 4 N–H and O–H groups in total. The average molecular weight is 914 g/mol. The lowest BCUT2D eigenvalue weighted by Crippen LogP contribution is -2.52. The van der Waals surface area contributed by atoms with Gasteiger partial charge in [0.25, 0.3) is 5.56 Å². The van der Waals surface area contributed by atoms with Crippen molar-refractivity contribution in [2.45, 2.75) is 97.4 Å². The van der Waals surface area contributed by atoms with Crippen LogP contribution in [-0.2, 0) is 62.1 Å². The van der Waals surface area contributed by atoms with Crippen LogP contribution in [0.15, 0.2) is 83.7 Å². The zero-order chi connectivity index (χ0) is 47.6. The number of fused-ring (bicyclic) bond motifs is 5. The minimum atomic E-state index is -1.92. The van der Waals surface area contributed by atoms with Gasteiger partial charge in [-0.05, 0) is 79.3 Å². The summed E-state index contributed by atoms with van der Waals surface area (Å²) in [6.07, 6.45) is 0.0314. The number of nitrogens with one attached hydrogen (secondary N) is 3. The molecular weight excluding hydrogens is 859 g/mol. The van der Waals surface area contributed by atoms with Gasteiger partial charge < -0.3 is 49.6 Å². The predicted molar refractivity (Wildman–Crippen MR) is 248 cm³/mol. The van der Waals surface area contributed by atoms with Gasteiger partial charge in [0.05, 0.1) is 35.1 Å². The first-order chi connectivity index (χ1) is 32.2. The van der Waals surface area contributed by atoms with Crippen molar-refractivity contribution in [3.8, 4) is 17.1 Å². The number of anilines is 1. The van der Waals surface area contributed by atoms with Crippen molar-refractivity contribution in [1.29, 1.82) is 0 Å². The van der Waals surface area contributed by atoms with E-state index in [2.05, 4.69) is 16.0 Å². The van der Waals surface area contributed by atoms with Gasteiger partial charge in [0.2, 0.25) is 11.8 Å². The number of aromatic nitrogens is 2. The molecule has 5 heterocycles. The Kier molecular flexibility index (Phi) is 13.4. The summed E-state index contributed by atoms with van der Waals surface area (Å²) in [6.45, 7) is 10.2. The Bertz CT molecular complexity index is 2790. The quantitative estimate of drug-likeness (QED) is 0.111. The molecule has 2 aromatic heterocycles. The number of hydrogen-bond acceptors (Lipinski definition) is 12. The topological polar surface area (TPSA) is 211 Å². The number of benzene rings is 3. The first-order valence-corrected chi connectivity index (χ1v) is 22.7. The first-order valence-electron chi connectivity index (χ1n) is 22.7. The van der Waals surface area contributed by atoms with Crippen LogP contribution in [0.5, 0.6) is 5.75 Å². The van der Waals surface area contributed by atoms with E-state index >= 15 is 0 Å². The summed E-state index contributed by atoms with van der Waals surface area (Å²) in [5.74, 6) is -1.11. The largest absolute Gasteiger partial charge is 0.458 e. The van der Waals surface area contributed by atoms with E-state index in [1.807, 2.05) is 51.1 Å².